The summed E-state index contributed by atoms with van der Waals surface area (Å²) in [6.45, 7) is 2.66. The Morgan fingerprint density at radius 3 is 1.20 bits per heavy atom. The molecule has 0 radical (unpaired) electrons. The van der Waals surface area contributed by atoms with E-state index >= 15 is 0 Å². The van der Waals surface area contributed by atoms with Crippen molar-refractivity contribution in [3.05, 3.63) is 10.8 Å². The molecule has 0 rings (SSSR count). The second-order valence-electron chi connectivity index (χ2n) is 1.25. The number of hydrogen-bond donors (Lipinski definition) is 0. The fourth-order valence-corrected chi connectivity index (χ4v) is 2.85. The third kappa shape index (κ3) is 2.87. The van der Waals surface area contributed by atoms with E-state index < -0.39 is 22.3 Å². The Bertz CT molecular complexity index is 301. The zero-order valence-corrected chi connectivity index (χ0v) is 7.56. The second kappa shape index (κ2) is 2.69. The highest BCUT2D eigenvalue weighted by molar-refractivity contribution is 8.33. The van der Waals surface area contributed by atoms with E-state index in [1.54, 1.807) is 0 Å². The molecule has 0 aliphatic heterocycles. The Hall–Kier alpha value is 0.220. The minimum atomic E-state index is -4.30. The Kier molecular flexibility index (Phi) is 2.75. The quantitative estimate of drug-likeness (QED) is 0.645. The molecule has 10 heavy (non-hydrogen) atoms. The van der Waals surface area contributed by atoms with Crippen LogP contribution < -0.4 is 0 Å². The molecule has 0 aromatic carbocycles. The van der Waals surface area contributed by atoms with Gasteiger partial charge in [-0.3, -0.25) is 0 Å². The van der Waals surface area contributed by atoms with Crippen LogP contribution >= 0.6 is 21.4 Å². The molecule has 4 nitrogen and oxygen atoms in total. The van der Waals surface area contributed by atoms with Crippen LogP contribution in [0, 0.1) is 0 Å². The summed E-state index contributed by atoms with van der Waals surface area (Å²) in [5.41, 5.74) is 0. The van der Waals surface area contributed by atoms with Crippen LogP contribution in [-0.4, -0.2) is 16.8 Å². The number of halogens is 2. The summed E-state index contributed by atoms with van der Waals surface area (Å²) < 4.78 is 39.5. The molecule has 0 saturated carbocycles. The average molecular weight is 225 g/mol. The fraction of sp³-hybridized carbons (Fsp3) is 0. The smallest absolute Gasteiger partial charge is 0.206 e. The van der Waals surface area contributed by atoms with E-state index in [9.17, 15) is 16.8 Å². The highest BCUT2D eigenvalue weighted by Crippen LogP contribution is 2.19. The van der Waals surface area contributed by atoms with Crippen molar-refractivity contribution in [1.29, 1.82) is 0 Å². The van der Waals surface area contributed by atoms with Crippen LogP contribution in [0.5, 0.6) is 0 Å². The van der Waals surface area contributed by atoms with Crippen molar-refractivity contribution in [2.75, 3.05) is 0 Å². The molecule has 0 aromatic rings. The lowest BCUT2D eigenvalue weighted by Gasteiger charge is -1.92. The molecule has 0 unspecified atom stereocenters. The maximum absolute atomic E-state index is 10.2. The monoisotopic (exact) mass is 224 g/mol. The molecule has 0 atom stereocenters. The lowest BCUT2D eigenvalue weighted by atomic mass is 11.3. The van der Waals surface area contributed by atoms with Crippen molar-refractivity contribution < 1.29 is 16.8 Å². The SMILES string of the molecule is C=C(S(=O)(=O)Cl)S(=O)(=O)Cl. The van der Waals surface area contributed by atoms with Gasteiger partial charge >= 0.3 is 0 Å². The molecule has 0 N–H and O–H groups in total. The van der Waals surface area contributed by atoms with Gasteiger partial charge in [0.2, 0.25) is 0 Å². The van der Waals surface area contributed by atoms with Crippen molar-refractivity contribution in [2.45, 2.75) is 0 Å². The van der Waals surface area contributed by atoms with Crippen LogP contribution in [0.1, 0.15) is 0 Å². The molecule has 0 aliphatic carbocycles. The van der Waals surface area contributed by atoms with Crippen molar-refractivity contribution in [2.24, 2.45) is 0 Å². The first-order chi connectivity index (χ1) is 4.15. The van der Waals surface area contributed by atoms with Crippen LogP contribution in [0.3, 0.4) is 0 Å². The zero-order chi connectivity index (χ0) is 8.58. The summed E-state index contributed by atoms with van der Waals surface area (Å²) in [6, 6.07) is 0. The molecule has 0 amide bonds. The van der Waals surface area contributed by atoms with Gasteiger partial charge in [0.1, 0.15) is 0 Å². The molecule has 0 fully saturated rings. The predicted molar refractivity (Wildman–Crippen MR) is 38.7 cm³/mol. The third-order valence-corrected chi connectivity index (χ3v) is 4.61. The molecule has 0 spiro atoms. The molecule has 0 aliphatic rings. The van der Waals surface area contributed by atoms with Gasteiger partial charge < -0.3 is 0 Å². The minimum Gasteiger partial charge on any atom is -0.206 e. The molecule has 60 valence electrons. The highest BCUT2D eigenvalue weighted by Gasteiger charge is 2.23. The summed E-state index contributed by atoms with van der Waals surface area (Å²) in [4.78, 5) is 0. The van der Waals surface area contributed by atoms with Gasteiger partial charge in [-0.25, -0.2) is 16.8 Å². The summed E-state index contributed by atoms with van der Waals surface area (Å²) in [5, 5.41) is 0. The summed E-state index contributed by atoms with van der Waals surface area (Å²) in [7, 11) is 0.549. The summed E-state index contributed by atoms with van der Waals surface area (Å²) in [5.74, 6) is 0. The molecule has 0 bridgehead atoms. The van der Waals surface area contributed by atoms with Crippen molar-refractivity contribution in [3.63, 3.8) is 0 Å². The van der Waals surface area contributed by atoms with Gasteiger partial charge in [-0.1, -0.05) is 6.58 Å². The Balaban J connectivity index is 5.16. The van der Waals surface area contributed by atoms with E-state index in [1.165, 1.54) is 0 Å². The average Bonchev–Trinajstić information content (AvgIpc) is 1.59. The normalized spacial score (nSPS) is 13.0. The summed E-state index contributed by atoms with van der Waals surface area (Å²) in [6.07, 6.45) is 0. The van der Waals surface area contributed by atoms with Crippen LogP contribution in [0.25, 0.3) is 0 Å². The Morgan fingerprint density at radius 1 is 1.00 bits per heavy atom. The van der Waals surface area contributed by atoms with Gasteiger partial charge in [-0.15, -0.1) is 0 Å². The van der Waals surface area contributed by atoms with Gasteiger partial charge in [0.15, 0.2) is 4.24 Å². The van der Waals surface area contributed by atoms with E-state index in [-0.39, 0.29) is 0 Å². The maximum Gasteiger partial charge on any atom is 0.272 e. The van der Waals surface area contributed by atoms with E-state index in [4.69, 9.17) is 0 Å². The first-order valence-corrected chi connectivity index (χ1v) is 6.36. The zero-order valence-electron chi connectivity index (χ0n) is 4.41. The minimum absolute atomic E-state index is 1.21. The molecular weight excluding hydrogens is 223 g/mol. The highest BCUT2D eigenvalue weighted by atomic mass is 35.7. The lowest BCUT2D eigenvalue weighted by molar-refractivity contribution is 0.609. The topological polar surface area (TPSA) is 68.3 Å². The van der Waals surface area contributed by atoms with E-state index in [2.05, 4.69) is 27.9 Å². The van der Waals surface area contributed by atoms with Crippen LogP contribution in [0.4, 0.5) is 0 Å². The van der Waals surface area contributed by atoms with Crippen molar-refractivity contribution in [3.8, 4) is 0 Å². The summed E-state index contributed by atoms with van der Waals surface area (Å²) >= 11 is 0. The van der Waals surface area contributed by atoms with E-state index in [0.29, 0.717) is 0 Å². The largest absolute Gasteiger partial charge is 0.272 e. The van der Waals surface area contributed by atoms with Crippen molar-refractivity contribution in [1.82, 2.24) is 0 Å². The second-order valence-corrected chi connectivity index (χ2v) is 6.68. The molecule has 0 heterocycles. The first-order valence-electron chi connectivity index (χ1n) is 1.74. The van der Waals surface area contributed by atoms with Gasteiger partial charge in [-0.05, 0) is 0 Å². The Labute approximate surface area is 67.3 Å². The van der Waals surface area contributed by atoms with Gasteiger partial charge in [0.05, 0.1) is 0 Å². The predicted octanol–water partition coefficient (Wildman–Crippen LogP) is 0.595. The number of hydrogen-bond acceptors (Lipinski definition) is 4. The lowest BCUT2D eigenvalue weighted by Crippen LogP contribution is -2.01. The number of rotatable bonds is 2. The molecule has 0 saturated heterocycles. The molecule has 8 heteroatoms. The van der Waals surface area contributed by atoms with Crippen LogP contribution in [0.15, 0.2) is 10.8 Å². The van der Waals surface area contributed by atoms with Gasteiger partial charge in [0, 0.05) is 21.4 Å². The molecular formula is C2H2Cl2O4S2. The first kappa shape index (κ1) is 10.2. The Morgan fingerprint density at radius 2 is 1.20 bits per heavy atom. The third-order valence-electron chi connectivity index (χ3n) is 0.544. The fourth-order valence-electron chi connectivity index (χ4n) is 0.119. The van der Waals surface area contributed by atoms with Crippen molar-refractivity contribution >= 4 is 39.5 Å². The van der Waals surface area contributed by atoms with E-state index in [0.717, 1.165) is 0 Å². The van der Waals surface area contributed by atoms with Gasteiger partial charge in [-0.2, -0.15) is 0 Å². The van der Waals surface area contributed by atoms with Gasteiger partial charge in [0.25, 0.3) is 18.1 Å². The van der Waals surface area contributed by atoms with Crippen LogP contribution in [-0.2, 0) is 18.1 Å². The maximum atomic E-state index is 10.2. The standard InChI is InChI=1S/C2H2Cl2O4S2/c1-2(9(3,5)6)10(4,7)8/h1H2. The van der Waals surface area contributed by atoms with E-state index in [1.807, 2.05) is 0 Å². The van der Waals surface area contributed by atoms with Crippen LogP contribution in [0.2, 0.25) is 0 Å². The molecule has 0 aromatic heterocycles.